The van der Waals surface area contributed by atoms with Crippen molar-refractivity contribution in [3.8, 4) is 11.5 Å². The molecule has 6 nitrogen and oxygen atoms in total. The van der Waals surface area contributed by atoms with E-state index < -0.39 is 5.97 Å². The van der Waals surface area contributed by atoms with Gasteiger partial charge in [0.2, 0.25) is 11.2 Å². The molecule has 0 saturated carbocycles. The van der Waals surface area contributed by atoms with Crippen LogP contribution in [-0.2, 0) is 22.7 Å². The van der Waals surface area contributed by atoms with Crippen molar-refractivity contribution in [3.63, 3.8) is 0 Å². The van der Waals surface area contributed by atoms with Crippen LogP contribution in [0.5, 0.6) is 11.5 Å². The van der Waals surface area contributed by atoms with Crippen LogP contribution in [0.25, 0.3) is 6.08 Å². The second-order valence-corrected chi connectivity index (χ2v) is 6.29. The van der Waals surface area contributed by atoms with Crippen molar-refractivity contribution in [1.29, 1.82) is 0 Å². The zero-order valence-electron chi connectivity index (χ0n) is 16.6. The molecule has 0 bridgehead atoms. The van der Waals surface area contributed by atoms with Gasteiger partial charge in [-0.05, 0) is 36.3 Å². The van der Waals surface area contributed by atoms with Gasteiger partial charge in [-0.3, -0.25) is 4.79 Å². The lowest BCUT2D eigenvalue weighted by Gasteiger charge is -2.06. The molecule has 0 amide bonds. The fraction of sp³-hybridized carbons (Fsp3) is 0.167. The van der Waals surface area contributed by atoms with E-state index in [0.717, 1.165) is 16.9 Å². The summed E-state index contributed by atoms with van der Waals surface area (Å²) >= 11 is 0. The average Bonchev–Trinajstić information content (AvgIpc) is 2.77. The molecule has 0 radical (unpaired) electrons. The first-order chi connectivity index (χ1) is 14.6. The zero-order valence-corrected chi connectivity index (χ0v) is 16.6. The molecule has 3 aromatic rings. The topological polar surface area (TPSA) is 75.0 Å². The number of benzene rings is 2. The van der Waals surface area contributed by atoms with Gasteiger partial charge >= 0.3 is 5.97 Å². The first-order valence-corrected chi connectivity index (χ1v) is 9.50. The summed E-state index contributed by atoms with van der Waals surface area (Å²) in [5.41, 5.74) is 1.43. The molecule has 0 saturated heterocycles. The van der Waals surface area contributed by atoms with E-state index in [0.29, 0.717) is 6.61 Å². The maximum Gasteiger partial charge on any atom is 0.331 e. The molecule has 2 aromatic carbocycles. The Hall–Kier alpha value is -3.80. The Labute approximate surface area is 174 Å². The van der Waals surface area contributed by atoms with Gasteiger partial charge in [0.05, 0.1) is 6.61 Å². The molecule has 1 aromatic heterocycles. The normalized spacial score (nSPS) is 10.7. The van der Waals surface area contributed by atoms with E-state index in [2.05, 4.69) is 0 Å². The van der Waals surface area contributed by atoms with Crippen molar-refractivity contribution in [1.82, 2.24) is 0 Å². The zero-order chi connectivity index (χ0) is 21.2. The molecule has 154 valence electrons. The van der Waals surface area contributed by atoms with Gasteiger partial charge in [0.15, 0.2) is 0 Å². The van der Waals surface area contributed by atoms with E-state index in [9.17, 15) is 9.59 Å². The second-order valence-electron chi connectivity index (χ2n) is 6.29. The van der Waals surface area contributed by atoms with Crippen LogP contribution in [0.1, 0.15) is 23.8 Å². The summed E-state index contributed by atoms with van der Waals surface area (Å²) in [6, 6.07) is 18.1. The summed E-state index contributed by atoms with van der Waals surface area (Å²) in [6.45, 7) is 2.62. The summed E-state index contributed by atoms with van der Waals surface area (Å²) < 4.78 is 21.3. The molecule has 0 spiro atoms. The Morgan fingerprint density at radius 3 is 2.47 bits per heavy atom. The first-order valence-electron chi connectivity index (χ1n) is 9.50. The van der Waals surface area contributed by atoms with E-state index in [-0.39, 0.29) is 30.2 Å². The lowest BCUT2D eigenvalue weighted by Crippen LogP contribution is -2.09. The quantitative estimate of drug-likeness (QED) is 0.388. The molecule has 0 fully saturated rings. The molecule has 30 heavy (non-hydrogen) atoms. The highest BCUT2D eigenvalue weighted by molar-refractivity contribution is 5.87. The Morgan fingerprint density at radius 1 is 1.00 bits per heavy atom. The number of hydrogen-bond donors (Lipinski definition) is 0. The highest BCUT2D eigenvalue weighted by atomic mass is 16.5. The molecule has 0 aliphatic rings. The van der Waals surface area contributed by atoms with Gasteiger partial charge in [-0.25, -0.2) is 4.79 Å². The number of rotatable bonds is 9. The van der Waals surface area contributed by atoms with Gasteiger partial charge in [-0.1, -0.05) is 42.5 Å². The van der Waals surface area contributed by atoms with E-state index in [1.54, 1.807) is 6.08 Å². The predicted molar refractivity (Wildman–Crippen MR) is 112 cm³/mol. The molecule has 1 heterocycles. The van der Waals surface area contributed by atoms with Crippen LogP contribution in [0.2, 0.25) is 0 Å². The van der Waals surface area contributed by atoms with E-state index in [4.69, 9.17) is 18.6 Å². The number of carbonyl (C=O) groups excluding carboxylic acids is 1. The van der Waals surface area contributed by atoms with Crippen molar-refractivity contribution in [3.05, 3.63) is 100 Å². The fourth-order valence-corrected chi connectivity index (χ4v) is 2.55. The lowest BCUT2D eigenvalue weighted by atomic mass is 10.2. The van der Waals surface area contributed by atoms with Gasteiger partial charge in [-0.2, -0.15) is 0 Å². The maximum absolute atomic E-state index is 12.1. The summed E-state index contributed by atoms with van der Waals surface area (Å²) in [4.78, 5) is 24.0. The van der Waals surface area contributed by atoms with Crippen LogP contribution < -0.4 is 14.9 Å². The number of ether oxygens (including phenoxy) is 3. The van der Waals surface area contributed by atoms with Gasteiger partial charge < -0.3 is 18.6 Å². The first kappa shape index (κ1) is 20.9. The van der Waals surface area contributed by atoms with Crippen LogP contribution in [0, 0.1) is 0 Å². The van der Waals surface area contributed by atoms with Crippen LogP contribution in [0.4, 0.5) is 0 Å². The van der Waals surface area contributed by atoms with Crippen molar-refractivity contribution < 1.29 is 23.4 Å². The van der Waals surface area contributed by atoms with Gasteiger partial charge in [0, 0.05) is 12.1 Å². The van der Waals surface area contributed by atoms with Crippen LogP contribution in [0.3, 0.4) is 0 Å². The third-order valence-electron chi connectivity index (χ3n) is 4.05. The SMILES string of the molecule is CCOc1ccc(/C=C/C(=O)OCc2cc(=O)c(OCc3ccccc3)co2)cc1. The average molecular weight is 406 g/mol. The van der Waals surface area contributed by atoms with Crippen LogP contribution >= 0.6 is 0 Å². The Bertz CT molecular complexity index is 1040. The number of hydrogen-bond acceptors (Lipinski definition) is 6. The maximum atomic E-state index is 12.1. The second kappa shape index (κ2) is 10.7. The van der Waals surface area contributed by atoms with Gasteiger partial charge in [0.25, 0.3) is 0 Å². The summed E-state index contributed by atoms with van der Waals surface area (Å²) in [7, 11) is 0. The van der Waals surface area contributed by atoms with Crippen molar-refractivity contribution >= 4 is 12.0 Å². The Morgan fingerprint density at radius 2 is 1.77 bits per heavy atom. The van der Waals surface area contributed by atoms with Crippen molar-refractivity contribution in [2.75, 3.05) is 6.61 Å². The molecular formula is C24H22O6. The fourth-order valence-electron chi connectivity index (χ4n) is 2.55. The minimum atomic E-state index is -0.545. The molecule has 3 rings (SSSR count). The molecule has 0 unspecified atom stereocenters. The van der Waals surface area contributed by atoms with Gasteiger partial charge in [-0.15, -0.1) is 0 Å². The highest BCUT2D eigenvalue weighted by Gasteiger charge is 2.07. The van der Waals surface area contributed by atoms with Gasteiger partial charge in [0.1, 0.15) is 31.0 Å². The monoisotopic (exact) mass is 406 g/mol. The third kappa shape index (κ3) is 6.38. The van der Waals surface area contributed by atoms with Crippen LogP contribution in [-0.4, -0.2) is 12.6 Å². The Kier molecular flexibility index (Phi) is 7.44. The molecule has 0 atom stereocenters. The van der Waals surface area contributed by atoms with E-state index in [1.165, 1.54) is 18.4 Å². The molecular weight excluding hydrogens is 384 g/mol. The third-order valence-corrected chi connectivity index (χ3v) is 4.05. The van der Waals surface area contributed by atoms with Crippen LogP contribution in [0.15, 0.2) is 82.2 Å². The van der Waals surface area contributed by atoms with E-state index in [1.807, 2.05) is 61.5 Å². The standard InChI is InChI=1S/C24H22O6/c1-2-27-20-11-8-18(9-12-20)10-13-24(26)30-16-21-14-22(25)23(17-28-21)29-15-19-6-4-3-5-7-19/h3-14,17H,2,15-16H2,1H3/b13-10+. The molecule has 0 aliphatic carbocycles. The molecule has 6 heteroatoms. The summed E-state index contributed by atoms with van der Waals surface area (Å²) in [6.07, 6.45) is 4.17. The minimum Gasteiger partial charge on any atom is -0.494 e. The predicted octanol–water partition coefficient (Wildman–Crippen LogP) is 4.37. The lowest BCUT2D eigenvalue weighted by molar-refractivity contribution is -0.139. The number of carbonyl (C=O) groups is 1. The molecule has 0 aliphatic heterocycles. The van der Waals surface area contributed by atoms with Crippen molar-refractivity contribution in [2.24, 2.45) is 0 Å². The Balaban J connectivity index is 1.49. The molecule has 0 N–H and O–H groups in total. The number of esters is 1. The summed E-state index contributed by atoms with van der Waals surface area (Å²) in [5, 5.41) is 0. The smallest absolute Gasteiger partial charge is 0.331 e. The van der Waals surface area contributed by atoms with Crippen molar-refractivity contribution in [2.45, 2.75) is 20.1 Å². The highest BCUT2D eigenvalue weighted by Crippen LogP contribution is 2.13. The summed E-state index contributed by atoms with van der Waals surface area (Å²) in [5.74, 6) is 0.554. The largest absolute Gasteiger partial charge is 0.494 e. The minimum absolute atomic E-state index is 0.101. The van der Waals surface area contributed by atoms with E-state index >= 15 is 0 Å².